The Balaban J connectivity index is 3.69. The molecule has 1 atom stereocenters. The molecule has 0 radical (unpaired) electrons. The molecule has 0 fully saturated rings. The van der Waals surface area contributed by atoms with Crippen LogP contribution in [-0.4, -0.2) is 12.1 Å². The van der Waals surface area contributed by atoms with Gasteiger partial charge >= 0.3 is 5.97 Å². The zero-order valence-corrected chi connectivity index (χ0v) is 7.09. The van der Waals surface area contributed by atoms with Gasteiger partial charge in [-0.3, -0.25) is 4.79 Å². The first-order valence-corrected chi connectivity index (χ1v) is 3.52. The van der Waals surface area contributed by atoms with Gasteiger partial charge in [-0.2, -0.15) is 0 Å². The SMILES string of the molecule is C=C[C@H](C)OC(=O)CC(=C)C. The van der Waals surface area contributed by atoms with E-state index in [2.05, 4.69) is 13.2 Å². The average Bonchev–Trinajstić information content (AvgIpc) is 1.85. The zero-order chi connectivity index (χ0) is 8.85. The summed E-state index contributed by atoms with van der Waals surface area (Å²) >= 11 is 0. The molecular formula is C9H14O2. The second-order valence-electron chi connectivity index (χ2n) is 2.56. The molecule has 0 rings (SSSR count). The first-order chi connectivity index (χ1) is 5.06. The van der Waals surface area contributed by atoms with Gasteiger partial charge in [-0.15, -0.1) is 0 Å². The molecule has 0 aliphatic rings. The minimum absolute atomic E-state index is 0.207. The number of esters is 1. The highest BCUT2D eigenvalue weighted by Crippen LogP contribution is 2.00. The highest BCUT2D eigenvalue weighted by molar-refractivity contribution is 5.72. The van der Waals surface area contributed by atoms with Crippen molar-refractivity contribution >= 4 is 5.97 Å². The molecule has 0 N–H and O–H groups in total. The van der Waals surface area contributed by atoms with Crippen molar-refractivity contribution in [1.82, 2.24) is 0 Å². The number of hydrogen-bond donors (Lipinski definition) is 0. The van der Waals surface area contributed by atoms with E-state index in [0.29, 0.717) is 0 Å². The fourth-order valence-electron chi connectivity index (χ4n) is 0.544. The average molecular weight is 154 g/mol. The Kier molecular flexibility index (Phi) is 4.27. The molecule has 0 aliphatic carbocycles. The van der Waals surface area contributed by atoms with E-state index in [0.717, 1.165) is 5.57 Å². The Morgan fingerprint density at radius 1 is 1.73 bits per heavy atom. The lowest BCUT2D eigenvalue weighted by Gasteiger charge is -2.07. The summed E-state index contributed by atoms with van der Waals surface area (Å²) in [5.74, 6) is -0.245. The second kappa shape index (κ2) is 4.72. The predicted molar refractivity (Wildman–Crippen MR) is 45.2 cm³/mol. The summed E-state index contributed by atoms with van der Waals surface area (Å²) in [6, 6.07) is 0. The molecule has 0 heterocycles. The minimum atomic E-state index is -0.245. The van der Waals surface area contributed by atoms with E-state index in [1.165, 1.54) is 0 Å². The molecule has 0 unspecified atom stereocenters. The van der Waals surface area contributed by atoms with Crippen molar-refractivity contribution in [3.63, 3.8) is 0 Å². The number of ether oxygens (including phenoxy) is 1. The molecular weight excluding hydrogens is 140 g/mol. The van der Waals surface area contributed by atoms with Gasteiger partial charge in [0, 0.05) is 0 Å². The summed E-state index contributed by atoms with van der Waals surface area (Å²) < 4.78 is 4.89. The van der Waals surface area contributed by atoms with E-state index in [1.807, 2.05) is 0 Å². The third-order valence-corrected chi connectivity index (χ3v) is 1.10. The Bertz CT molecular complexity index is 170. The van der Waals surface area contributed by atoms with Gasteiger partial charge in [0.2, 0.25) is 0 Å². The maximum atomic E-state index is 10.9. The van der Waals surface area contributed by atoms with E-state index in [4.69, 9.17) is 4.74 Å². The third kappa shape index (κ3) is 5.40. The Morgan fingerprint density at radius 3 is 2.64 bits per heavy atom. The predicted octanol–water partition coefficient (Wildman–Crippen LogP) is 2.07. The quantitative estimate of drug-likeness (QED) is 0.457. The van der Waals surface area contributed by atoms with Crippen LogP contribution >= 0.6 is 0 Å². The number of carbonyl (C=O) groups excluding carboxylic acids is 1. The lowest BCUT2D eigenvalue weighted by atomic mass is 10.2. The summed E-state index contributed by atoms with van der Waals surface area (Å²) in [5, 5.41) is 0. The smallest absolute Gasteiger partial charge is 0.310 e. The van der Waals surface area contributed by atoms with Crippen LogP contribution in [0, 0.1) is 0 Å². The molecule has 0 aromatic rings. The van der Waals surface area contributed by atoms with Gasteiger partial charge in [0.1, 0.15) is 6.10 Å². The van der Waals surface area contributed by atoms with Gasteiger partial charge < -0.3 is 4.74 Å². The Morgan fingerprint density at radius 2 is 2.27 bits per heavy atom. The molecule has 0 aliphatic heterocycles. The van der Waals surface area contributed by atoms with E-state index in [1.54, 1.807) is 19.9 Å². The molecule has 2 heteroatoms. The second-order valence-corrected chi connectivity index (χ2v) is 2.56. The molecule has 2 nitrogen and oxygen atoms in total. The van der Waals surface area contributed by atoms with Gasteiger partial charge in [0.15, 0.2) is 0 Å². The van der Waals surface area contributed by atoms with Crippen LogP contribution in [0.4, 0.5) is 0 Å². The first kappa shape index (κ1) is 9.95. The van der Waals surface area contributed by atoms with Crippen LogP contribution in [0.15, 0.2) is 24.8 Å². The Labute approximate surface area is 67.6 Å². The van der Waals surface area contributed by atoms with Crippen LogP contribution in [0.2, 0.25) is 0 Å². The summed E-state index contributed by atoms with van der Waals surface area (Å²) in [4.78, 5) is 10.9. The fraction of sp³-hybridized carbons (Fsp3) is 0.444. The monoisotopic (exact) mass is 154 g/mol. The van der Waals surface area contributed by atoms with Crippen molar-refractivity contribution < 1.29 is 9.53 Å². The molecule has 0 spiro atoms. The van der Waals surface area contributed by atoms with E-state index in [9.17, 15) is 4.79 Å². The van der Waals surface area contributed by atoms with Crippen LogP contribution in [0.3, 0.4) is 0 Å². The van der Waals surface area contributed by atoms with E-state index < -0.39 is 0 Å². The molecule has 11 heavy (non-hydrogen) atoms. The van der Waals surface area contributed by atoms with Crippen molar-refractivity contribution in [3.8, 4) is 0 Å². The van der Waals surface area contributed by atoms with Gasteiger partial charge in [-0.25, -0.2) is 0 Å². The maximum Gasteiger partial charge on any atom is 0.310 e. The van der Waals surface area contributed by atoms with Crippen molar-refractivity contribution in [2.75, 3.05) is 0 Å². The molecule has 62 valence electrons. The summed E-state index contributed by atoms with van der Waals surface area (Å²) in [5.41, 5.74) is 0.811. The molecule has 0 saturated carbocycles. The maximum absolute atomic E-state index is 10.9. The highest BCUT2D eigenvalue weighted by atomic mass is 16.5. The summed E-state index contributed by atoms with van der Waals surface area (Å²) in [6.45, 7) is 10.7. The van der Waals surface area contributed by atoms with Gasteiger partial charge in [0.05, 0.1) is 6.42 Å². The standard InChI is InChI=1S/C9H14O2/c1-5-8(4)11-9(10)6-7(2)3/h5,8H,1-2,6H2,3-4H3/t8-/m0/s1. The van der Waals surface area contributed by atoms with E-state index in [-0.39, 0.29) is 18.5 Å². The lowest BCUT2D eigenvalue weighted by Crippen LogP contribution is -2.11. The molecule has 0 amide bonds. The molecule has 0 aromatic carbocycles. The van der Waals surface area contributed by atoms with Gasteiger partial charge in [0.25, 0.3) is 0 Å². The topological polar surface area (TPSA) is 26.3 Å². The van der Waals surface area contributed by atoms with Crippen molar-refractivity contribution in [2.45, 2.75) is 26.4 Å². The van der Waals surface area contributed by atoms with Crippen molar-refractivity contribution in [3.05, 3.63) is 24.8 Å². The molecule has 0 aromatic heterocycles. The highest BCUT2D eigenvalue weighted by Gasteiger charge is 2.05. The number of hydrogen-bond acceptors (Lipinski definition) is 2. The third-order valence-electron chi connectivity index (χ3n) is 1.10. The molecule has 0 bridgehead atoms. The summed E-state index contributed by atoms with van der Waals surface area (Å²) in [6.07, 6.45) is 1.66. The number of carbonyl (C=O) groups is 1. The van der Waals surface area contributed by atoms with Crippen molar-refractivity contribution in [2.24, 2.45) is 0 Å². The van der Waals surface area contributed by atoms with Gasteiger partial charge in [-0.1, -0.05) is 24.8 Å². The van der Waals surface area contributed by atoms with Crippen LogP contribution in [0.25, 0.3) is 0 Å². The van der Waals surface area contributed by atoms with Crippen LogP contribution in [0.1, 0.15) is 20.3 Å². The van der Waals surface area contributed by atoms with Crippen LogP contribution in [0.5, 0.6) is 0 Å². The van der Waals surface area contributed by atoms with Crippen molar-refractivity contribution in [1.29, 1.82) is 0 Å². The summed E-state index contributed by atoms with van der Waals surface area (Å²) in [7, 11) is 0. The largest absolute Gasteiger partial charge is 0.458 e. The Hall–Kier alpha value is -1.05. The van der Waals surface area contributed by atoms with Crippen LogP contribution in [-0.2, 0) is 9.53 Å². The van der Waals surface area contributed by atoms with Crippen LogP contribution < -0.4 is 0 Å². The minimum Gasteiger partial charge on any atom is -0.458 e. The van der Waals surface area contributed by atoms with E-state index >= 15 is 0 Å². The number of rotatable bonds is 4. The lowest BCUT2D eigenvalue weighted by molar-refractivity contribution is -0.145. The first-order valence-electron chi connectivity index (χ1n) is 3.52. The fourth-order valence-corrected chi connectivity index (χ4v) is 0.544. The molecule has 0 saturated heterocycles. The zero-order valence-electron chi connectivity index (χ0n) is 7.09. The van der Waals surface area contributed by atoms with Gasteiger partial charge in [-0.05, 0) is 13.8 Å². The normalized spacial score (nSPS) is 11.8.